The topological polar surface area (TPSA) is 140 Å². The lowest BCUT2D eigenvalue weighted by molar-refractivity contribution is -0.386. The summed E-state index contributed by atoms with van der Waals surface area (Å²) in [6.07, 6.45) is 2.15. The number of nitrogens with zero attached hydrogens (tertiary/aromatic N) is 8. The van der Waals surface area contributed by atoms with Crippen LogP contribution in [0.1, 0.15) is 29.4 Å². The van der Waals surface area contributed by atoms with E-state index in [0.717, 1.165) is 11.1 Å². The largest absolute Gasteiger partial charge is 0.472 e. The van der Waals surface area contributed by atoms with E-state index in [1.165, 1.54) is 4.68 Å². The summed E-state index contributed by atoms with van der Waals surface area (Å²) in [5.41, 5.74) is 2.06. The third-order valence-electron chi connectivity index (χ3n) is 4.71. The molecule has 0 aliphatic rings. The van der Waals surface area contributed by atoms with Crippen LogP contribution in [0.2, 0.25) is 5.28 Å². The maximum atomic E-state index is 11.6. The quantitative estimate of drug-likeness (QED) is 0.181. The summed E-state index contributed by atoms with van der Waals surface area (Å²) in [6.45, 7) is 7.54. The molecule has 31 heavy (non-hydrogen) atoms. The van der Waals surface area contributed by atoms with Crippen molar-refractivity contribution < 1.29 is 14.1 Å². The first-order valence-corrected chi connectivity index (χ1v) is 9.81. The number of hydrogen-bond acceptors (Lipinski definition) is 9. The smallest absolute Gasteiger partial charge is 0.353 e. The zero-order chi connectivity index (χ0) is 22.3. The first-order chi connectivity index (χ1) is 14.8. The molecule has 0 saturated heterocycles. The molecule has 0 bridgehead atoms. The molecule has 0 saturated carbocycles. The summed E-state index contributed by atoms with van der Waals surface area (Å²) in [5.74, 6) is 0.684. The third-order valence-corrected chi connectivity index (χ3v) is 4.89. The Labute approximate surface area is 181 Å². The maximum Gasteiger partial charge on any atom is 0.353 e. The highest BCUT2D eigenvalue weighted by molar-refractivity contribution is 6.28. The molecule has 0 spiro atoms. The van der Waals surface area contributed by atoms with Crippen LogP contribution in [-0.4, -0.2) is 46.0 Å². The van der Waals surface area contributed by atoms with E-state index in [2.05, 4.69) is 25.1 Å². The molecule has 0 aliphatic heterocycles. The molecule has 0 radical (unpaired) electrons. The Morgan fingerprint density at radius 3 is 2.65 bits per heavy atom. The lowest BCUT2D eigenvalue weighted by Gasteiger charge is -2.04. The van der Waals surface area contributed by atoms with Gasteiger partial charge in [-0.15, -0.1) is 5.10 Å². The van der Waals surface area contributed by atoms with Crippen LogP contribution in [0.5, 0.6) is 5.88 Å². The average molecular weight is 447 g/mol. The lowest BCUT2D eigenvalue weighted by Crippen LogP contribution is -2.07. The average Bonchev–Trinajstić information content (AvgIpc) is 3.31. The number of oxazole rings is 1. The van der Waals surface area contributed by atoms with Crippen molar-refractivity contribution in [2.45, 2.75) is 40.7 Å². The molecule has 0 aliphatic carbocycles. The van der Waals surface area contributed by atoms with Crippen LogP contribution in [0.15, 0.2) is 10.6 Å². The van der Waals surface area contributed by atoms with E-state index in [4.69, 9.17) is 20.8 Å². The van der Waals surface area contributed by atoms with E-state index in [9.17, 15) is 10.1 Å². The molecule has 0 unspecified atom stereocenters. The van der Waals surface area contributed by atoms with Crippen LogP contribution in [0.4, 0.5) is 5.69 Å². The SMILES string of the molecule is Cc1nc(C)c(-n2nc(OCCCn3nc(C)c4cnc(Cl)nc43)c([N+](=O)[O-])c2C)o1. The molecule has 0 atom stereocenters. The summed E-state index contributed by atoms with van der Waals surface area (Å²) < 4.78 is 14.2. The fourth-order valence-electron chi connectivity index (χ4n) is 3.32. The Balaban J connectivity index is 1.51. The van der Waals surface area contributed by atoms with Gasteiger partial charge in [0.2, 0.25) is 11.2 Å². The zero-order valence-corrected chi connectivity index (χ0v) is 18.0. The normalized spacial score (nSPS) is 11.4. The van der Waals surface area contributed by atoms with Gasteiger partial charge >= 0.3 is 11.6 Å². The Bertz CT molecular complexity index is 1290. The second kappa shape index (κ2) is 7.95. The standard InChI is InChI=1S/C18H19ClN8O4/c1-9-13-8-20-18(19)22-15(13)25(23-9)6-5-7-30-16-14(27(28)29)11(3)26(24-16)17-10(2)21-12(4)31-17/h8H,5-7H2,1-4H3. The summed E-state index contributed by atoms with van der Waals surface area (Å²) in [6, 6.07) is 0. The molecule has 4 aromatic rings. The minimum absolute atomic E-state index is 0.0807. The van der Waals surface area contributed by atoms with Crippen LogP contribution in [0.3, 0.4) is 0 Å². The number of aryl methyl sites for hydroxylation is 4. The second-order valence-corrected chi connectivity index (χ2v) is 7.26. The Morgan fingerprint density at radius 2 is 1.97 bits per heavy atom. The molecular weight excluding hydrogens is 428 g/mol. The molecular formula is C18H19ClN8O4. The van der Waals surface area contributed by atoms with Crippen molar-refractivity contribution in [3.8, 4) is 11.8 Å². The number of rotatable bonds is 7. The van der Waals surface area contributed by atoms with Crippen LogP contribution < -0.4 is 4.74 Å². The number of nitro groups is 1. The Kier molecular flexibility index (Phi) is 5.31. The molecule has 0 fully saturated rings. The number of aromatic nitrogens is 7. The summed E-state index contributed by atoms with van der Waals surface area (Å²) in [4.78, 5) is 23.5. The molecule has 4 heterocycles. The van der Waals surface area contributed by atoms with Gasteiger partial charge in [0.25, 0.3) is 0 Å². The first kappa shape index (κ1) is 20.7. The van der Waals surface area contributed by atoms with E-state index in [1.54, 1.807) is 31.6 Å². The molecule has 4 aromatic heterocycles. The maximum absolute atomic E-state index is 11.6. The first-order valence-electron chi connectivity index (χ1n) is 9.43. The fourth-order valence-corrected chi connectivity index (χ4v) is 3.44. The molecule has 12 nitrogen and oxygen atoms in total. The van der Waals surface area contributed by atoms with Gasteiger partial charge in [-0.25, -0.2) is 14.6 Å². The minimum Gasteiger partial charge on any atom is -0.472 e. The van der Waals surface area contributed by atoms with E-state index >= 15 is 0 Å². The Morgan fingerprint density at radius 1 is 1.19 bits per heavy atom. The van der Waals surface area contributed by atoms with E-state index in [1.807, 2.05) is 6.92 Å². The number of fused-ring (bicyclic) bond motifs is 1. The highest BCUT2D eigenvalue weighted by Crippen LogP contribution is 2.32. The summed E-state index contributed by atoms with van der Waals surface area (Å²) >= 11 is 5.89. The van der Waals surface area contributed by atoms with Gasteiger partial charge < -0.3 is 9.15 Å². The van der Waals surface area contributed by atoms with Crippen molar-refractivity contribution in [3.63, 3.8) is 0 Å². The highest BCUT2D eigenvalue weighted by Gasteiger charge is 2.29. The van der Waals surface area contributed by atoms with Crippen molar-refractivity contribution in [3.05, 3.63) is 44.6 Å². The van der Waals surface area contributed by atoms with Gasteiger partial charge in [0.1, 0.15) is 11.4 Å². The number of ether oxygens (including phenoxy) is 1. The van der Waals surface area contributed by atoms with Gasteiger partial charge in [-0.05, 0) is 32.4 Å². The second-order valence-electron chi connectivity index (χ2n) is 6.92. The van der Waals surface area contributed by atoms with Gasteiger partial charge in [0, 0.05) is 26.1 Å². The van der Waals surface area contributed by atoms with Gasteiger partial charge in [-0.3, -0.25) is 10.1 Å². The van der Waals surface area contributed by atoms with Crippen molar-refractivity contribution in [1.29, 1.82) is 0 Å². The fraction of sp³-hybridized carbons (Fsp3) is 0.389. The summed E-state index contributed by atoms with van der Waals surface area (Å²) in [5, 5.41) is 21.2. The van der Waals surface area contributed by atoms with E-state index < -0.39 is 4.92 Å². The predicted molar refractivity (Wildman–Crippen MR) is 110 cm³/mol. The monoisotopic (exact) mass is 446 g/mol. The van der Waals surface area contributed by atoms with Crippen LogP contribution in [0, 0.1) is 37.8 Å². The Hall–Kier alpha value is -3.54. The molecule has 0 aromatic carbocycles. The summed E-state index contributed by atoms with van der Waals surface area (Å²) in [7, 11) is 0. The lowest BCUT2D eigenvalue weighted by atomic mass is 10.3. The highest BCUT2D eigenvalue weighted by atomic mass is 35.5. The van der Waals surface area contributed by atoms with Crippen molar-refractivity contribution in [2.75, 3.05) is 6.61 Å². The molecule has 0 amide bonds. The molecule has 4 rings (SSSR count). The zero-order valence-electron chi connectivity index (χ0n) is 17.3. The van der Waals surface area contributed by atoms with Crippen molar-refractivity contribution in [2.24, 2.45) is 0 Å². The van der Waals surface area contributed by atoms with Crippen LogP contribution in [-0.2, 0) is 6.54 Å². The number of hydrogen-bond donors (Lipinski definition) is 0. The minimum atomic E-state index is -0.518. The molecule has 0 N–H and O–H groups in total. The van der Waals surface area contributed by atoms with Crippen molar-refractivity contribution >= 4 is 28.3 Å². The van der Waals surface area contributed by atoms with Crippen LogP contribution in [0.25, 0.3) is 16.9 Å². The number of halogens is 1. The van der Waals surface area contributed by atoms with Gasteiger partial charge in [0.05, 0.1) is 22.6 Å². The van der Waals surface area contributed by atoms with E-state index in [-0.39, 0.29) is 23.5 Å². The van der Waals surface area contributed by atoms with Gasteiger partial charge in [-0.1, -0.05) is 0 Å². The third kappa shape index (κ3) is 3.81. The van der Waals surface area contributed by atoms with Crippen molar-refractivity contribution in [1.82, 2.24) is 34.5 Å². The molecule has 162 valence electrons. The van der Waals surface area contributed by atoms with Gasteiger partial charge in [-0.2, -0.15) is 14.8 Å². The van der Waals surface area contributed by atoms with Crippen LogP contribution >= 0.6 is 11.6 Å². The predicted octanol–water partition coefficient (Wildman–Crippen LogP) is 3.26. The van der Waals surface area contributed by atoms with E-state index in [0.29, 0.717) is 41.8 Å². The van der Waals surface area contributed by atoms with Gasteiger partial charge in [0.15, 0.2) is 11.5 Å². The molecule has 13 heteroatoms.